The van der Waals surface area contributed by atoms with Crippen LogP contribution in [0, 0.1) is 5.82 Å². The Hall–Kier alpha value is -0.890. The number of rotatable bonds is 5. The largest absolute Gasteiger partial charge is 0.386 e. The summed E-state index contributed by atoms with van der Waals surface area (Å²) < 4.78 is 13.6. The Bertz CT molecular complexity index is 478. The van der Waals surface area contributed by atoms with Gasteiger partial charge in [0.1, 0.15) is 11.9 Å². The zero-order valence-electron chi connectivity index (χ0n) is 12.9. The van der Waals surface area contributed by atoms with E-state index >= 15 is 0 Å². The average Bonchev–Trinajstić information content (AvgIpc) is 2.98. The lowest BCUT2D eigenvalue weighted by Crippen LogP contribution is -2.42. The second-order valence-electron chi connectivity index (χ2n) is 5.38. The smallest absolute Gasteiger partial charge is 0.191 e. The molecule has 0 radical (unpaired) electrons. The van der Waals surface area contributed by atoms with Gasteiger partial charge in [-0.15, -0.1) is 24.0 Å². The van der Waals surface area contributed by atoms with Crippen LogP contribution in [0.4, 0.5) is 4.39 Å². The fraction of sp³-hybridized carbons (Fsp3) is 0.562. The molecule has 1 aromatic rings. The number of aliphatic imine (C=N–C) groups is 1. The second kappa shape index (κ2) is 9.99. The quantitative estimate of drug-likeness (QED) is 0.389. The maximum absolute atomic E-state index is 13.6. The van der Waals surface area contributed by atoms with Gasteiger partial charge < -0.3 is 15.7 Å². The second-order valence-corrected chi connectivity index (χ2v) is 5.38. The maximum atomic E-state index is 13.6. The van der Waals surface area contributed by atoms with Crippen molar-refractivity contribution in [1.29, 1.82) is 0 Å². The van der Waals surface area contributed by atoms with Gasteiger partial charge in [0.2, 0.25) is 0 Å². The molecule has 0 amide bonds. The average molecular weight is 421 g/mol. The SMILES string of the molecule is CCNC(=NCC(O)c1ccccc1F)NC1CCCC1.I. The molecule has 1 unspecified atom stereocenters. The van der Waals surface area contributed by atoms with E-state index in [-0.39, 0.29) is 36.1 Å². The predicted octanol–water partition coefficient (Wildman–Crippen LogP) is 2.97. The van der Waals surface area contributed by atoms with Crippen LogP contribution in [0.15, 0.2) is 29.3 Å². The minimum Gasteiger partial charge on any atom is -0.386 e. The van der Waals surface area contributed by atoms with E-state index in [1.54, 1.807) is 18.2 Å². The van der Waals surface area contributed by atoms with E-state index in [0.29, 0.717) is 12.0 Å². The highest BCUT2D eigenvalue weighted by Crippen LogP contribution is 2.18. The van der Waals surface area contributed by atoms with Crippen LogP contribution in [-0.4, -0.2) is 30.2 Å². The van der Waals surface area contributed by atoms with Gasteiger partial charge in [-0.2, -0.15) is 0 Å². The van der Waals surface area contributed by atoms with Crippen molar-refractivity contribution >= 4 is 29.9 Å². The monoisotopic (exact) mass is 421 g/mol. The molecule has 22 heavy (non-hydrogen) atoms. The minimum absolute atomic E-state index is 0. The Morgan fingerprint density at radius 2 is 2.05 bits per heavy atom. The number of aliphatic hydroxyl groups excluding tert-OH is 1. The highest BCUT2D eigenvalue weighted by atomic mass is 127. The van der Waals surface area contributed by atoms with Gasteiger partial charge in [0, 0.05) is 18.2 Å². The summed E-state index contributed by atoms with van der Waals surface area (Å²) in [5.41, 5.74) is 0.290. The summed E-state index contributed by atoms with van der Waals surface area (Å²) in [6.07, 6.45) is 3.87. The Morgan fingerprint density at radius 3 is 2.68 bits per heavy atom. The Kier molecular flexibility index (Phi) is 8.70. The summed E-state index contributed by atoms with van der Waals surface area (Å²) in [4.78, 5) is 4.37. The van der Waals surface area contributed by atoms with E-state index in [0.717, 1.165) is 19.4 Å². The third-order valence-corrected chi connectivity index (χ3v) is 3.73. The van der Waals surface area contributed by atoms with Crippen LogP contribution in [0.25, 0.3) is 0 Å². The van der Waals surface area contributed by atoms with Gasteiger partial charge in [-0.1, -0.05) is 31.0 Å². The predicted molar refractivity (Wildman–Crippen MR) is 98.1 cm³/mol. The van der Waals surface area contributed by atoms with Gasteiger partial charge >= 0.3 is 0 Å². The minimum atomic E-state index is -0.926. The molecule has 1 aliphatic rings. The van der Waals surface area contributed by atoms with Crippen molar-refractivity contribution in [3.63, 3.8) is 0 Å². The van der Waals surface area contributed by atoms with Gasteiger partial charge in [0.05, 0.1) is 6.54 Å². The zero-order chi connectivity index (χ0) is 15.1. The fourth-order valence-corrected chi connectivity index (χ4v) is 2.60. The number of halogens is 2. The standard InChI is InChI=1S/C16H24FN3O.HI/c1-2-18-16(20-12-7-3-4-8-12)19-11-15(21)13-9-5-6-10-14(13)17;/h5-6,9-10,12,15,21H,2-4,7-8,11H2,1H3,(H2,18,19,20);1H. The van der Waals surface area contributed by atoms with E-state index in [9.17, 15) is 9.50 Å². The van der Waals surface area contributed by atoms with Crippen molar-refractivity contribution in [2.75, 3.05) is 13.1 Å². The first-order valence-corrected chi connectivity index (χ1v) is 7.68. The van der Waals surface area contributed by atoms with Crippen LogP contribution >= 0.6 is 24.0 Å². The molecule has 1 aliphatic carbocycles. The number of nitrogens with zero attached hydrogens (tertiary/aromatic N) is 1. The summed E-state index contributed by atoms with van der Waals surface area (Å²) in [6, 6.07) is 6.72. The first-order chi connectivity index (χ1) is 10.2. The maximum Gasteiger partial charge on any atom is 0.191 e. The number of guanidine groups is 1. The third kappa shape index (κ3) is 5.72. The van der Waals surface area contributed by atoms with Crippen molar-refractivity contribution in [2.45, 2.75) is 44.8 Å². The lowest BCUT2D eigenvalue weighted by Gasteiger charge is -2.17. The van der Waals surface area contributed by atoms with Crippen molar-refractivity contribution in [2.24, 2.45) is 4.99 Å². The lowest BCUT2D eigenvalue weighted by molar-refractivity contribution is 0.182. The molecule has 0 spiro atoms. The number of hydrogen-bond donors (Lipinski definition) is 3. The van der Waals surface area contributed by atoms with E-state index in [2.05, 4.69) is 15.6 Å². The summed E-state index contributed by atoms with van der Waals surface area (Å²) in [7, 11) is 0. The molecule has 0 aliphatic heterocycles. The normalized spacial score (nSPS) is 17.0. The topological polar surface area (TPSA) is 56.7 Å². The summed E-state index contributed by atoms with van der Waals surface area (Å²) in [5.74, 6) is 0.300. The molecule has 1 saturated carbocycles. The Balaban J connectivity index is 0.00000242. The van der Waals surface area contributed by atoms with Crippen LogP contribution in [0.1, 0.15) is 44.3 Å². The van der Waals surface area contributed by atoms with Crippen molar-refractivity contribution < 1.29 is 9.50 Å². The summed E-state index contributed by atoms with van der Waals surface area (Å²) >= 11 is 0. The van der Waals surface area contributed by atoms with Crippen molar-refractivity contribution in [3.05, 3.63) is 35.6 Å². The van der Waals surface area contributed by atoms with Crippen molar-refractivity contribution in [1.82, 2.24) is 10.6 Å². The molecule has 0 bridgehead atoms. The van der Waals surface area contributed by atoms with Crippen LogP contribution in [-0.2, 0) is 0 Å². The van der Waals surface area contributed by atoms with E-state index in [4.69, 9.17) is 0 Å². The highest BCUT2D eigenvalue weighted by molar-refractivity contribution is 14.0. The Morgan fingerprint density at radius 1 is 1.36 bits per heavy atom. The molecule has 0 aromatic heterocycles. The summed E-state index contributed by atoms with van der Waals surface area (Å²) in [6.45, 7) is 2.90. The molecule has 1 atom stereocenters. The molecule has 1 aromatic carbocycles. The van der Waals surface area contributed by atoms with Crippen LogP contribution in [0.3, 0.4) is 0 Å². The van der Waals surface area contributed by atoms with Crippen molar-refractivity contribution in [3.8, 4) is 0 Å². The fourth-order valence-electron chi connectivity index (χ4n) is 2.60. The third-order valence-electron chi connectivity index (χ3n) is 3.73. The molecule has 124 valence electrons. The zero-order valence-corrected chi connectivity index (χ0v) is 15.2. The Labute approximate surface area is 148 Å². The lowest BCUT2D eigenvalue weighted by atomic mass is 10.1. The molecule has 0 heterocycles. The number of nitrogens with one attached hydrogen (secondary N) is 2. The molecule has 1 fully saturated rings. The molecule has 3 N–H and O–H groups in total. The first kappa shape index (κ1) is 19.2. The van der Waals surface area contributed by atoms with Gasteiger partial charge in [-0.05, 0) is 25.8 Å². The number of benzene rings is 1. The number of hydrogen-bond acceptors (Lipinski definition) is 2. The molecular formula is C16H25FIN3O. The van der Waals surface area contributed by atoms with Gasteiger partial charge in [-0.3, -0.25) is 4.99 Å². The molecular weight excluding hydrogens is 396 g/mol. The van der Waals surface area contributed by atoms with Crippen LogP contribution < -0.4 is 10.6 Å². The van der Waals surface area contributed by atoms with Gasteiger partial charge in [0.25, 0.3) is 0 Å². The van der Waals surface area contributed by atoms with Gasteiger partial charge in [-0.25, -0.2) is 4.39 Å². The first-order valence-electron chi connectivity index (χ1n) is 7.68. The molecule has 2 rings (SSSR count). The molecule has 4 nitrogen and oxygen atoms in total. The number of aliphatic hydroxyl groups is 1. The molecule has 6 heteroatoms. The van der Waals surface area contributed by atoms with Gasteiger partial charge in [0.15, 0.2) is 5.96 Å². The van der Waals surface area contributed by atoms with E-state index in [1.807, 2.05) is 6.92 Å². The van der Waals surface area contributed by atoms with Crippen LogP contribution in [0.2, 0.25) is 0 Å². The van der Waals surface area contributed by atoms with Crippen LogP contribution in [0.5, 0.6) is 0 Å². The van der Waals surface area contributed by atoms with E-state index in [1.165, 1.54) is 18.9 Å². The summed E-state index contributed by atoms with van der Waals surface area (Å²) in [5, 5.41) is 16.6. The molecule has 0 saturated heterocycles. The van der Waals surface area contributed by atoms with E-state index < -0.39 is 11.9 Å². The highest BCUT2D eigenvalue weighted by Gasteiger charge is 2.16.